The fraction of sp³-hybridized carbons (Fsp3) is 0.591. The molecule has 0 radical (unpaired) electrons. The van der Waals surface area contributed by atoms with Crippen LogP contribution >= 0.6 is 27.0 Å². The fourth-order valence-corrected chi connectivity index (χ4v) is 4.31. The number of Topliss-reactive ketones (excluding diaryl/α,β-unsaturated/α-hetero) is 1. The van der Waals surface area contributed by atoms with Gasteiger partial charge in [0.25, 0.3) is 0 Å². The van der Waals surface area contributed by atoms with Crippen molar-refractivity contribution in [2.24, 2.45) is 0 Å². The standard InChI is InChI=1S/C21H27N3O6.CH4.2H2S/c25-15-5-3-14(4-6-15)12-16(22-21(28)23-8-10-29-11-9-23)20(27)24-7-1-2-18-19(24)17(26)13-30-18;;;/h3-6,16,18-19,25H,1-2,7-13H2,(H,22,28);1H4;2*1H2/t16-,18+,19+;;;/m0.../s1. The molecule has 3 atom stereocenters. The summed E-state index contributed by atoms with van der Waals surface area (Å²) >= 11 is 0. The van der Waals surface area contributed by atoms with Crippen LogP contribution < -0.4 is 5.32 Å². The molecule has 0 spiro atoms. The number of carbonyl (C=O) groups is 3. The minimum atomic E-state index is -0.822. The number of benzene rings is 1. The number of nitrogens with zero attached hydrogens (tertiary/aromatic N) is 2. The van der Waals surface area contributed by atoms with E-state index in [1.807, 2.05) is 0 Å². The molecule has 11 heteroatoms. The van der Waals surface area contributed by atoms with Crippen LogP contribution in [0.25, 0.3) is 0 Å². The van der Waals surface area contributed by atoms with Crippen LogP contribution in [0.5, 0.6) is 5.75 Å². The average molecular weight is 502 g/mol. The van der Waals surface area contributed by atoms with Gasteiger partial charge < -0.3 is 29.7 Å². The van der Waals surface area contributed by atoms with E-state index in [4.69, 9.17) is 9.47 Å². The topological polar surface area (TPSA) is 108 Å². The Morgan fingerprint density at radius 2 is 1.79 bits per heavy atom. The van der Waals surface area contributed by atoms with E-state index in [0.29, 0.717) is 32.8 Å². The maximum atomic E-state index is 13.5. The van der Waals surface area contributed by atoms with Crippen LogP contribution in [0.4, 0.5) is 4.79 Å². The highest BCUT2D eigenvalue weighted by Gasteiger charge is 2.45. The third-order valence-corrected chi connectivity index (χ3v) is 5.90. The average Bonchev–Trinajstić information content (AvgIpc) is 3.16. The monoisotopic (exact) mass is 501 g/mol. The quantitative estimate of drug-likeness (QED) is 0.641. The van der Waals surface area contributed by atoms with Crippen molar-refractivity contribution in [2.75, 3.05) is 39.5 Å². The molecule has 9 nitrogen and oxygen atoms in total. The summed E-state index contributed by atoms with van der Waals surface area (Å²) in [6.07, 6.45) is 1.50. The van der Waals surface area contributed by atoms with E-state index in [9.17, 15) is 19.5 Å². The molecule has 0 saturated carbocycles. The molecule has 4 rings (SSSR count). The minimum absolute atomic E-state index is 0. The summed E-state index contributed by atoms with van der Waals surface area (Å²) in [6, 6.07) is 4.82. The predicted octanol–water partition coefficient (Wildman–Crippen LogP) is 1.17. The molecule has 2 N–H and O–H groups in total. The largest absolute Gasteiger partial charge is 0.508 e. The fourth-order valence-electron chi connectivity index (χ4n) is 4.31. The van der Waals surface area contributed by atoms with Gasteiger partial charge in [0.2, 0.25) is 5.91 Å². The number of ether oxygens (including phenoxy) is 2. The molecule has 1 aromatic carbocycles. The summed E-state index contributed by atoms with van der Waals surface area (Å²) in [6.45, 7) is 2.35. The summed E-state index contributed by atoms with van der Waals surface area (Å²) < 4.78 is 10.8. The van der Waals surface area contributed by atoms with Crippen molar-refractivity contribution in [3.63, 3.8) is 0 Å². The molecule has 3 saturated heterocycles. The predicted molar refractivity (Wildman–Crippen MR) is 133 cm³/mol. The number of aromatic hydroxyl groups is 1. The maximum absolute atomic E-state index is 13.5. The Hall–Kier alpha value is -1.95. The molecule has 33 heavy (non-hydrogen) atoms. The van der Waals surface area contributed by atoms with Gasteiger partial charge in [0, 0.05) is 26.1 Å². The number of morpholine rings is 1. The molecule has 0 bridgehead atoms. The third-order valence-electron chi connectivity index (χ3n) is 5.90. The van der Waals surface area contributed by atoms with Gasteiger partial charge in [-0.3, -0.25) is 9.59 Å². The van der Waals surface area contributed by atoms with Gasteiger partial charge in [-0.2, -0.15) is 27.0 Å². The Bertz CT molecular complexity index is 804. The van der Waals surface area contributed by atoms with Crippen molar-refractivity contribution in [1.29, 1.82) is 0 Å². The number of urea groups is 1. The molecular weight excluding hydrogens is 466 g/mol. The second-order valence-electron chi connectivity index (χ2n) is 7.91. The second kappa shape index (κ2) is 13.1. The number of nitrogens with one attached hydrogen (secondary N) is 1. The Morgan fingerprint density at radius 3 is 2.45 bits per heavy atom. The molecule has 3 amide bonds. The zero-order valence-electron chi connectivity index (χ0n) is 17.8. The number of rotatable bonds is 4. The minimum Gasteiger partial charge on any atom is -0.508 e. The second-order valence-corrected chi connectivity index (χ2v) is 7.91. The third kappa shape index (κ3) is 6.78. The highest BCUT2D eigenvalue weighted by atomic mass is 32.1. The van der Waals surface area contributed by atoms with Gasteiger partial charge in [-0.05, 0) is 30.5 Å². The first kappa shape index (κ1) is 29.1. The number of phenols is 1. The zero-order valence-corrected chi connectivity index (χ0v) is 19.8. The number of amides is 3. The molecular formula is C22H35N3O6S2. The first-order chi connectivity index (χ1) is 14.5. The van der Waals surface area contributed by atoms with Gasteiger partial charge in [-0.15, -0.1) is 0 Å². The summed E-state index contributed by atoms with van der Waals surface area (Å²) in [5.74, 6) is -0.235. The molecule has 0 aromatic heterocycles. The molecule has 186 valence electrons. The first-order valence-corrected chi connectivity index (χ1v) is 10.4. The Labute approximate surface area is 208 Å². The van der Waals surface area contributed by atoms with Crippen LogP contribution in [0, 0.1) is 0 Å². The zero-order chi connectivity index (χ0) is 21.1. The van der Waals surface area contributed by atoms with Crippen LogP contribution in [-0.2, 0) is 25.5 Å². The van der Waals surface area contributed by atoms with Crippen LogP contribution in [0.2, 0.25) is 0 Å². The lowest BCUT2D eigenvalue weighted by Crippen LogP contribution is -2.60. The number of fused-ring (bicyclic) bond motifs is 1. The van der Waals surface area contributed by atoms with Crippen LogP contribution in [-0.4, -0.2) is 90.3 Å². The van der Waals surface area contributed by atoms with Crippen molar-refractivity contribution in [3.8, 4) is 5.75 Å². The molecule has 3 heterocycles. The number of hydrogen-bond acceptors (Lipinski definition) is 6. The van der Waals surface area contributed by atoms with Gasteiger partial charge >= 0.3 is 6.03 Å². The smallest absolute Gasteiger partial charge is 0.318 e. The van der Waals surface area contributed by atoms with E-state index in [0.717, 1.165) is 18.4 Å². The van der Waals surface area contributed by atoms with Crippen molar-refractivity contribution in [3.05, 3.63) is 29.8 Å². The Kier molecular flexibility index (Phi) is 11.5. The lowest BCUT2D eigenvalue weighted by Gasteiger charge is -2.38. The van der Waals surface area contributed by atoms with E-state index in [2.05, 4.69) is 5.32 Å². The number of piperidine rings is 1. The van der Waals surface area contributed by atoms with Crippen molar-refractivity contribution in [2.45, 2.75) is 44.9 Å². The van der Waals surface area contributed by atoms with Gasteiger partial charge in [0.1, 0.15) is 24.4 Å². The van der Waals surface area contributed by atoms with Crippen LogP contribution in [0.3, 0.4) is 0 Å². The van der Waals surface area contributed by atoms with E-state index >= 15 is 0 Å². The maximum Gasteiger partial charge on any atom is 0.318 e. The lowest BCUT2D eigenvalue weighted by molar-refractivity contribution is -0.142. The number of likely N-dealkylation sites (tertiary alicyclic amines) is 1. The van der Waals surface area contributed by atoms with E-state index in [-0.39, 0.29) is 77.0 Å². The molecule has 3 aliphatic heterocycles. The summed E-state index contributed by atoms with van der Waals surface area (Å²) in [5.41, 5.74) is 0.802. The van der Waals surface area contributed by atoms with Crippen LogP contribution in [0.15, 0.2) is 24.3 Å². The van der Waals surface area contributed by atoms with Crippen molar-refractivity contribution >= 4 is 44.7 Å². The van der Waals surface area contributed by atoms with Crippen molar-refractivity contribution in [1.82, 2.24) is 15.1 Å². The number of ketones is 1. The van der Waals surface area contributed by atoms with Gasteiger partial charge in [-0.25, -0.2) is 4.79 Å². The number of carbonyl (C=O) groups excluding carboxylic acids is 3. The van der Waals surface area contributed by atoms with E-state index < -0.39 is 12.1 Å². The van der Waals surface area contributed by atoms with E-state index in [1.54, 1.807) is 34.1 Å². The Morgan fingerprint density at radius 1 is 1.12 bits per heavy atom. The number of phenolic OH excluding ortho intramolecular Hbond substituents is 1. The molecule has 0 unspecified atom stereocenters. The number of hydrogen-bond donors (Lipinski definition) is 2. The van der Waals surface area contributed by atoms with Gasteiger partial charge in [0.05, 0.1) is 19.3 Å². The Balaban J connectivity index is 0.00000181. The van der Waals surface area contributed by atoms with E-state index in [1.165, 1.54) is 0 Å². The SMILES string of the molecule is C.O=C1CO[C@@H]2CCCN(C(=O)[C@H](Cc3ccc(O)cc3)NC(=O)N3CCOCC3)[C@H]12.S.S. The van der Waals surface area contributed by atoms with Crippen LogP contribution in [0.1, 0.15) is 25.8 Å². The first-order valence-electron chi connectivity index (χ1n) is 10.4. The normalized spacial score (nSPS) is 22.7. The molecule has 3 fully saturated rings. The highest BCUT2D eigenvalue weighted by Crippen LogP contribution is 2.27. The highest BCUT2D eigenvalue weighted by molar-refractivity contribution is 7.59. The summed E-state index contributed by atoms with van der Waals surface area (Å²) in [5, 5.41) is 12.4. The van der Waals surface area contributed by atoms with Gasteiger partial charge in [0.15, 0.2) is 5.78 Å². The van der Waals surface area contributed by atoms with Gasteiger partial charge in [-0.1, -0.05) is 19.6 Å². The molecule has 3 aliphatic rings. The summed E-state index contributed by atoms with van der Waals surface area (Å²) in [7, 11) is 0. The summed E-state index contributed by atoms with van der Waals surface area (Å²) in [4.78, 5) is 41.8. The molecule has 1 aromatic rings. The molecule has 0 aliphatic carbocycles. The van der Waals surface area contributed by atoms with Crippen molar-refractivity contribution < 1.29 is 29.0 Å². The lowest BCUT2D eigenvalue weighted by atomic mass is 9.95.